The Bertz CT molecular complexity index is 1090. The van der Waals surface area contributed by atoms with Crippen LogP contribution < -0.4 is 11.1 Å². The van der Waals surface area contributed by atoms with Crippen LogP contribution in [-0.2, 0) is 0 Å². The number of fused-ring (bicyclic) bond motifs is 1. The van der Waals surface area contributed by atoms with Gasteiger partial charge in [-0.1, -0.05) is 0 Å². The number of hydrogen-bond acceptors (Lipinski definition) is 7. The Morgan fingerprint density at radius 1 is 1.32 bits per heavy atom. The van der Waals surface area contributed by atoms with E-state index in [0.29, 0.717) is 5.69 Å². The van der Waals surface area contributed by atoms with E-state index in [4.69, 9.17) is 5.73 Å². The van der Waals surface area contributed by atoms with Crippen LogP contribution in [0.15, 0.2) is 24.0 Å². The number of aromatic amines is 1. The van der Waals surface area contributed by atoms with Gasteiger partial charge >= 0.3 is 0 Å². The Kier molecular flexibility index (Phi) is 3.74. The van der Waals surface area contributed by atoms with Gasteiger partial charge in [-0.3, -0.25) is 4.79 Å². The summed E-state index contributed by atoms with van der Waals surface area (Å²) in [6, 6.07) is 1.69. The van der Waals surface area contributed by atoms with Crippen LogP contribution in [0, 0.1) is 13.8 Å². The van der Waals surface area contributed by atoms with Crippen molar-refractivity contribution in [2.45, 2.75) is 13.8 Å². The molecule has 0 aromatic carbocycles. The number of hydrogen-bond donors (Lipinski definition) is 3. The maximum Gasteiger partial charge on any atom is 0.265 e. The van der Waals surface area contributed by atoms with Crippen LogP contribution in [0.2, 0.25) is 0 Å². The minimum Gasteiger partial charge on any atom is -0.364 e. The third kappa shape index (κ3) is 2.77. The molecule has 0 aliphatic carbocycles. The van der Waals surface area contributed by atoms with Gasteiger partial charge in [-0.25, -0.2) is 15.0 Å². The normalized spacial score (nSPS) is 11.1. The average Bonchev–Trinajstić information content (AvgIpc) is 3.28. The van der Waals surface area contributed by atoms with Crippen molar-refractivity contribution < 1.29 is 4.79 Å². The van der Waals surface area contributed by atoms with Crippen molar-refractivity contribution in [2.75, 3.05) is 5.32 Å². The Labute approximate surface area is 151 Å². The molecule has 0 bridgehead atoms. The van der Waals surface area contributed by atoms with Gasteiger partial charge in [0.1, 0.15) is 22.7 Å². The molecule has 4 N–H and O–H groups in total. The zero-order chi connectivity index (χ0) is 17.6. The number of nitrogens with zero attached hydrogens (tertiary/aromatic N) is 3. The lowest BCUT2D eigenvalue weighted by Crippen LogP contribution is -2.10. The van der Waals surface area contributed by atoms with Crippen LogP contribution in [-0.4, -0.2) is 25.8 Å². The fourth-order valence-corrected chi connectivity index (χ4v) is 4.24. The van der Waals surface area contributed by atoms with E-state index in [-0.39, 0.29) is 0 Å². The first-order valence-electron chi connectivity index (χ1n) is 7.45. The van der Waals surface area contributed by atoms with Crippen molar-refractivity contribution in [3.05, 3.63) is 40.1 Å². The van der Waals surface area contributed by atoms with Gasteiger partial charge in [0.25, 0.3) is 5.91 Å². The van der Waals surface area contributed by atoms with E-state index in [9.17, 15) is 4.79 Å². The zero-order valence-corrected chi connectivity index (χ0v) is 15.1. The molecule has 4 heterocycles. The maximum absolute atomic E-state index is 11.2. The van der Waals surface area contributed by atoms with Crippen molar-refractivity contribution in [1.82, 2.24) is 19.9 Å². The molecule has 4 aromatic heterocycles. The van der Waals surface area contributed by atoms with E-state index in [2.05, 4.69) is 39.1 Å². The van der Waals surface area contributed by atoms with Crippen LogP contribution in [0.4, 0.5) is 10.9 Å². The number of nitrogens with one attached hydrogen (secondary N) is 2. The highest BCUT2D eigenvalue weighted by atomic mass is 32.1. The highest BCUT2D eigenvalue weighted by Crippen LogP contribution is 2.35. The van der Waals surface area contributed by atoms with E-state index >= 15 is 0 Å². The summed E-state index contributed by atoms with van der Waals surface area (Å²) in [5.41, 5.74) is 8.38. The monoisotopic (exact) mass is 370 g/mol. The second-order valence-corrected chi connectivity index (χ2v) is 7.58. The van der Waals surface area contributed by atoms with Gasteiger partial charge in [0.05, 0.1) is 11.1 Å². The maximum atomic E-state index is 11.2. The molecule has 0 radical (unpaired) electrons. The number of aryl methyl sites for hydroxylation is 2. The van der Waals surface area contributed by atoms with Gasteiger partial charge in [0.15, 0.2) is 5.13 Å². The standard InChI is InChI=1S/C16H14N6OS2/c1-7-8(2)25-15-12(7)14(19-6-20-15)22-16-21-11(5-24-16)9-3-10(13(17)23)18-4-9/h3-6,18H,1-2H3,(H2,17,23)(H,19,20,21,22). The Morgan fingerprint density at radius 2 is 2.16 bits per heavy atom. The zero-order valence-electron chi connectivity index (χ0n) is 13.5. The number of nitrogens with two attached hydrogens (primary N) is 1. The smallest absolute Gasteiger partial charge is 0.265 e. The van der Waals surface area contributed by atoms with E-state index in [1.54, 1.807) is 29.9 Å². The summed E-state index contributed by atoms with van der Waals surface area (Å²) in [4.78, 5) is 29.5. The summed E-state index contributed by atoms with van der Waals surface area (Å²) in [5, 5.41) is 6.95. The van der Waals surface area contributed by atoms with E-state index in [1.807, 2.05) is 5.38 Å². The Hall–Kier alpha value is -2.78. The summed E-state index contributed by atoms with van der Waals surface area (Å²) in [6.45, 7) is 4.15. The van der Waals surface area contributed by atoms with Crippen LogP contribution in [0.1, 0.15) is 20.9 Å². The second-order valence-electron chi connectivity index (χ2n) is 5.51. The number of H-pyrrole nitrogens is 1. The first-order valence-corrected chi connectivity index (χ1v) is 9.14. The van der Waals surface area contributed by atoms with Crippen LogP contribution in [0.25, 0.3) is 21.5 Å². The lowest BCUT2D eigenvalue weighted by atomic mass is 10.2. The molecule has 0 spiro atoms. The number of anilines is 2. The molecule has 9 heteroatoms. The predicted molar refractivity (Wildman–Crippen MR) is 101 cm³/mol. The first-order chi connectivity index (χ1) is 12.0. The average molecular weight is 370 g/mol. The summed E-state index contributed by atoms with van der Waals surface area (Å²) in [7, 11) is 0. The van der Waals surface area contributed by atoms with Gasteiger partial charge in [0, 0.05) is 22.0 Å². The van der Waals surface area contributed by atoms with Gasteiger partial charge in [-0.15, -0.1) is 22.7 Å². The lowest BCUT2D eigenvalue weighted by Gasteiger charge is -2.03. The first kappa shape index (κ1) is 15.7. The third-order valence-corrected chi connectivity index (χ3v) is 5.81. The minimum atomic E-state index is -0.494. The predicted octanol–water partition coefficient (Wildman–Crippen LogP) is 3.60. The molecule has 0 atom stereocenters. The molecule has 126 valence electrons. The van der Waals surface area contributed by atoms with Crippen molar-refractivity contribution in [1.29, 1.82) is 0 Å². The molecule has 4 aromatic rings. The largest absolute Gasteiger partial charge is 0.364 e. The number of carbonyl (C=O) groups excluding carboxylic acids is 1. The van der Waals surface area contributed by atoms with E-state index in [0.717, 1.165) is 32.4 Å². The molecule has 1 amide bonds. The SMILES string of the molecule is Cc1sc2ncnc(Nc3nc(-c4c[nH]c(C(N)=O)c4)cs3)c2c1C. The lowest BCUT2D eigenvalue weighted by molar-refractivity contribution is 0.0996. The van der Waals surface area contributed by atoms with E-state index in [1.165, 1.54) is 21.8 Å². The third-order valence-electron chi connectivity index (χ3n) is 3.94. The number of rotatable bonds is 4. The summed E-state index contributed by atoms with van der Waals surface area (Å²) in [6.07, 6.45) is 3.27. The van der Waals surface area contributed by atoms with Gasteiger partial charge in [0.2, 0.25) is 0 Å². The molecule has 25 heavy (non-hydrogen) atoms. The Balaban J connectivity index is 1.66. The number of amides is 1. The van der Waals surface area contributed by atoms with Crippen LogP contribution >= 0.6 is 22.7 Å². The summed E-state index contributed by atoms with van der Waals surface area (Å²) < 4.78 is 0. The van der Waals surface area contributed by atoms with E-state index < -0.39 is 5.91 Å². The number of primary amides is 1. The van der Waals surface area contributed by atoms with Crippen molar-refractivity contribution >= 4 is 49.7 Å². The fraction of sp³-hybridized carbons (Fsp3) is 0.125. The minimum absolute atomic E-state index is 0.361. The topological polar surface area (TPSA) is 110 Å². The molecule has 0 fully saturated rings. The molecule has 0 aliphatic heterocycles. The molecule has 0 saturated heterocycles. The van der Waals surface area contributed by atoms with Crippen molar-refractivity contribution in [2.24, 2.45) is 5.73 Å². The van der Waals surface area contributed by atoms with Crippen molar-refractivity contribution in [3.63, 3.8) is 0 Å². The fourth-order valence-electron chi connectivity index (χ4n) is 2.53. The number of aromatic nitrogens is 4. The molecule has 0 aliphatic rings. The number of thiophene rings is 1. The highest BCUT2D eigenvalue weighted by molar-refractivity contribution is 7.18. The van der Waals surface area contributed by atoms with Crippen LogP contribution in [0.3, 0.4) is 0 Å². The molecular weight excluding hydrogens is 356 g/mol. The number of carbonyl (C=O) groups is 1. The summed E-state index contributed by atoms with van der Waals surface area (Å²) in [5.74, 6) is 0.256. The van der Waals surface area contributed by atoms with Crippen LogP contribution in [0.5, 0.6) is 0 Å². The van der Waals surface area contributed by atoms with Gasteiger partial charge in [-0.05, 0) is 25.5 Å². The molecule has 0 saturated carbocycles. The molecule has 4 rings (SSSR count). The molecule has 7 nitrogen and oxygen atoms in total. The number of thiazole rings is 1. The quantitative estimate of drug-likeness (QED) is 0.508. The molecular formula is C16H14N6OS2. The second kappa shape index (κ2) is 5.94. The summed E-state index contributed by atoms with van der Waals surface area (Å²) >= 11 is 3.12. The Morgan fingerprint density at radius 3 is 2.92 bits per heavy atom. The van der Waals surface area contributed by atoms with Crippen molar-refractivity contribution in [3.8, 4) is 11.3 Å². The van der Waals surface area contributed by atoms with Gasteiger partial charge < -0.3 is 16.0 Å². The highest BCUT2D eigenvalue weighted by Gasteiger charge is 2.14. The van der Waals surface area contributed by atoms with Gasteiger partial charge in [-0.2, -0.15) is 0 Å². The molecule has 0 unspecified atom stereocenters.